The maximum atomic E-state index is 12.3. The lowest BCUT2D eigenvalue weighted by molar-refractivity contribution is -0.0263. The largest absolute Gasteiger partial charge is 0.445 e. The van der Waals surface area contributed by atoms with Crippen LogP contribution in [-0.4, -0.2) is 55.5 Å². The number of ether oxygens (including phenoxy) is 2. The smallest absolute Gasteiger partial charge is 0.410 e. The van der Waals surface area contributed by atoms with Gasteiger partial charge in [0.2, 0.25) is 0 Å². The molecule has 2 aromatic carbocycles. The average molecular weight is 381 g/mol. The molecule has 7 heteroatoms. The molecule has 2 N–H and O–H groups in total. The van der Waals surface area contributed by atoms with Gasteiger partial charge < -0.3 is 25.1 Å². The Morgan fingerprint density at radius 3 is 2.64 bits per heavy atom. The van der Waals surface area contributed by atoms with Gasteiger partial charge in [-0.15, -0.1) is 0 Å². The Hall–Kier alpha value is -3.19. The molecule has 0 aliphatic carbocycles. The predicted octanol–water partition coefficient (Wildman–Crippen LogP) is 2.45. The van der Waals surface area contributed by atoms with Gasteiger partial charge in [-0.2, -0.15) is 0 Å². The topological polar surface area (TPSA) is 91.7 Å². The summed E-state index contributed by atoms with van der Waals surface area (Å²) in [5, 5.41) is 10.0. The van der Waals surface area contributed by atoms with Crippen molar-refractivity contribution >= 4 is 18.2 Å². The van der Waals surface area contributed by atoms with E-state index < -0.39 is 0 Å². The van der Waals surface area contributed by atoms with Crippen molar-refractivity contribution in [2.75, 3.05) is 26.2 Å². The van der Waals surface area contributed by atoms with E-state index in [1.54, 1.807) is 29.2 Å². The Kier molecular flexibility index (Phi) is 6.75. The van der Waals surface area contributed by atoms with Crippen LogP contribution in [0.3, 0.4) is 0 Å². The summed E-state index contributed by atoms with van der Waals surface area (Å²) in [6.07, 6.45) is 0.553. The number of morpholine rings is 1. The molecule has 1 aliphatic rings. The van der Waals surface area contributed by atoms with Crippen molar-refractivity contribution in [2.24, 2.45) is 0 Å². The monoisotopic (exact) mass is 381 g/mol. The zero-order chi connectivity index (χ0) is 19.8. The van der Waals surface area contributed by atoms with Gasteiger partial charge in [0.25, 0.3) is 5.91 Å². The minimum Gasteiger partial charge on any atom is -0.445 e. The summed E-state index contributed by atoms with van der Waals surface area (Å²) in [5.41, 5.74) is 2.18. The molecule has 3 rings (SSSR count). The van der Waals surface area contributed by atoms with Gasteiger partial charge in [-0.1, -0.05) is 42.5 Å². The van der Waals surface area contributed by atoms with Crippen LogP contribution in [0, 0.1) is 5.41 Å². The summed E-state index contributed by atoms with van der Waals surface area (Å²) < 4.78 is 11.0. The third-order valence-corrected chi connectivity index (χ3v) is 4.43. The minimum absolute atomic E-state index is 0.219. The number of rotatable bonds is 6. The number of carbonyl (C=O) groups is 2. The number of hydrogen-bond donors (Lipinski definition) is 2. The first kappa shape index (κ1) is 19.6. The second kappa shape index (κ2) is 9.66. The predicted molar refractivity (Wildman–Crippen MR) is 105 cm³/mol. The first-order valence-corrected chi connectivity index (χ1v) is 9.11. The van der Waals surface area contributed by atoms with Crippen molar-refractivity contribution in [2.45, 2.75) is 12.7 Å². The van der Waals surface area contributed by atoms with Crippen LogP contribution >= 0.6 is 0 Å². The number of hydrogen-bond acceptors (Lipinski definition) is 5. The second-order valence-corrected chi connectivity index (χ2v) is 6.46. The maximum absolute atomic E-state index is 12.3. The van der Waals surface area contributed by atoms with Crippen molar-refractivity contribution in [3.8, 4) is 0 Å². The van der Waals surface area contributed by atoms with Crippen molar-refractivity contribution in [3.05, 3.63) is 71.3 Å². The van der Waals surface area contributed by atoms with Gasteiger partial charge in [-0.25, -0.2) is 4.79 Å². The fraction of sp³-hybridized carbons (Fsp3) is 0.286. The molecule has 1 atom stereocenters. The fourth-order valence-electron chi connectivity index (χ4n) is 2.86. The number of amides is 2. The van der Waals surface area contributed by atoms with Crippen LogP contribution in [0.2, 0.25) is 0 Å². The lowest BCUT2D eigenvalue weighted by Crippen LogP contribution is -2.49. The van der Waals surface area contributed by atoms with E-state index in [1.807, 2.05) is 30.3 Å². The summed E-state index contributed by atoms with van der Waals surface area (Å²) in [6.45, 7) is 1.75. The van der Waals surface area contributed by atoms with Gasteiger partial charge in [0.1, 0.15) is 6.61 Å². The first-order valence-electron chi connectivity index (χ1n) is 9.11. The summed E-state index contributed by atoms with van der Waals surface area (Å²) in [7, 11) is 0. The van der Waals surface area contributed by atoms with Crippen LogP contribution in [0.1, 0.15) is 21.5 Å². The van der Waals surface area contributed by atoms with E-state index in [0.29, 0.717) is 31.8 Å². The molecule has 1 aliphatic heterocycles. The van der Waals surface area contributed by atoms with Gasteiger partial charge in [0.05, 0.1) is 19.3 Å². The number of nitrogens with one attached hydrogen (secondary N) is 2. The third-order valence-electron chi connectivity index (χ3n) is 4.43. The van der Waals surface area contributed by atoms with E-state index in [4.69, 9.17) is 14.9 Å². The summed E-state index contributed by atoms with van der Waals surface area (Å²) in [4.78, 5) is 26.1. The van der Waals surface area contributed by atoms with Crippen LogP contribution in [0.15, 0.2) is 54.6 Å². The lowest BCUT2D eigenvalue weighted by atomic mass is 10.1. The van der Waals surface area contributed by atoms with Crippen LogP contribution in [0.4, 0.5) is 4.79 Å². The van der Waals surface area contributed by atoms with Gasteiger partial charge in [0.15, 0.2) is 0 Å². The molecule has 0 bridgehead atoms. The number of carbonyl (C=O) groups excluding carboxylic acids is 2. The van der Waals surface area contributed by atoms with E-state index >= 15 is 0 Å². The van der Waals surface area contributed by atoms with E-state index in [1.165, 1.54) is 6.21 Å². The Labute approximate surface area is 163 Å². The highest BCUT2D eigenvalue weighted by Gasteiger charge is 2.25. The number of nitrogens with zero attached hydrogens (tertiary/aromatic N) is 1. The van der Waals surface area contributed by atoms with Crippen molar-refractivity contribution in [3.63, 3.8) is 0 Å². The zero-order valence-corrected chi connectivity index (χ0v) is 15.5. The van der Waals surface area contributed by atoms with Gasteiger partial charge in [-0.3, -0.25) is 4.79 Å². The van der Waals surface area contributed by atoms with Crippen LogP contribution in [0.25, 0.3) is 0 Å². The first-order chi connectivity index (χ1) is 13.7. The van der Waals surface area contributed by atoms with Gasteiger partial charge in [-0.05, 0) is 23.3 Å². The summed E-state index contributed by atoms with van der Waals surface area (Å²) in [6, 6.07) is 16.3. The highest BCUT2D eigenvalue weighted by molar-refractivity contribution is 5.94. The molecular formula is C21H23N3O4. The zero-order valence-electron chi connectivity index (χ0n) is 15.5. The number of benzene rings is 2. The quantitative estimate of drug-likeness (QED) is 0.752. The molecule has 0 radical (unpaired) electrons. The van der Waals surface area contributed by atoms with Gasteiger partial charge in [0, 0.05) is 24.9 Å². The lowest BCUT2D eigenvalue weighted by Gasteiger charge is -2.32. The van der Waals surface area contributed by atoms with Gasteiger partial charge >= 0.3 is 6.09 Å². The molecule has 0 saturated carbocycles. The molecule has 2 amide bonds. The standard InChI is InChI=1S/C21H23N3O4/c22-12-16-6-8-18(9-7-16)20(25)23-13-19-14-24(10-11-27-19)21(26)28-15-17-4-2-1-3-5-17/h1-9,12,19,22H,10-11,13-15H2,(H,23,25). The Bertz CT molecular complexity index is 808. The van der Waals surface area contributed by atoms with Crippen molar-refractivity contribution < 1.29 is 19.1 Å². The molecule has 1 saturated heterocycles. The molecule has 28 heavy (non-hydrogen) atoms. The second-order valence-electron chi connectivity index (χ2n) is 6.46. The summed E-state index contributed by atoms with van der Waals surface area (Å²) >= 11 is 0. The molecule has 146 valence electrons. The van der Waals surface area contributed by atoms with E-state index in [0.717, 1.165) is 11.1 Å². The highest BCUT2D eigenvalue weighted by Crippen LogP contribution is 2.09. The molecular weight excluding hydrogens is 358 g/mol. The van der Waals surface area contributed by atoms with E-state index in [9.17, 15) is 9.59 Å². The van der Waals surface area contributed by atoms with Crippen LogP contribution in [0.5, 0.6) is 0 Å². The Morgan fingerprint density at radius 1 is 1.18 bits per heavy atom. The molecule has 2 aromatic rings. The van der Waals surface area contributed by atoms with Crippen LogP contribution in [-0.2, 0) is 16.1 Å². The SMILES string of the molecule is N=Cc1ccc(C(=O)NCC2CN(C(=O)OCc3ccccc3)CCO2)cc1. The van der Waals surface area contributed by atoms with Crippen molar-refractivity contribution in [1.29, 1.82) is 5.41 Å². The third kappa shape index (κ3) is 5.40. The highest BCUT2D eigenvalue weighted by atomic mass is 16.6. The fourth-order valence-corrected chi connectivity index (χ4v) is 2.86. The normalized spacial score (nSPS) is 16.3. The molecule has 1 unspecified atom stereocenters. The van der Waals surface area contributed by atoms with Crippen LogP contribution < -0.4 is 5.32 Å². The average Bonchev–Trinajstić information content (AvgIpc) is 2.76. The Balaban J connectivity index is 1.45. The minimum atomic E-state index is -0.384. The summed E-state index contributed by atoms with van der Waals surface area (Å²) in [5.74, 6) is -0.219. The molecule has 1 heterocycles. The Morgan fingerprint density at radius 2 is 1.93 bits per heavy atom. The maximum Gasteiger partial charge on any atom is 0.410 e. The molecule has 1 fully saturated rings. The van der Waals surface area contributed by atoms with Crippen molar-refractivity contribution in [1.82, 2.24) is 10.2 Å². The van der Waals surface area contributed by atoms with E-state index in [2.05, 4.69) is 5.32 Å². The molecule has 7 nitrogen and oxygen atoms in total. The molecule has 0 aromatic heterocycles. The molecule has 0 spiro atoms. The van der Waals surface area contributed by atoms with E-state index in [-0.39, 0.29) is 24.7 Å².